The van der Waals surface area contributed by atoms with E-state index < -0.39 is 8.60 Å². The van der Waals surface area contributed by atoms with Crippen molar-refractivity contribution in [1.82, 2.24) is 0 Å². The minimum Gasteiger partial charge on any atom is -0.496 e. The van der Waals surface area contributed by atoms with Gasteiger partial charge in [-0.2, -0.15) is 0 Å². The van der Waals surface area contributed by atoms with Crippen LogP contribution < -0.4 is 14.0 Å². The van der Waals surface area contributed by atoms with Crippen molar-refractivity contribution in [1.29, 1.82) is 0 Å². The van der Waals surface area contributed by atoms with Crippen molar-refractivity contribution < 1.29 is 28.2 Å². The zero-order valence-corrected chi connectivity index (χ0v) is 11.3. The number of carbonyl (C=O) groups excluding carboxylic acids is 1. The van der Waals surface area contributed by atoms with Crippen LogP contribution in [-0.2, 0) is 4.52 Å². The van der Waals surface area contributed by atoms with Crippen LogP contribution in [0.4, 0.5) is 0 Å². The average molecular weight is 274 g/mol. The molecule has 0 aliphatic carbocycles. The van der Waals surface area contributed by atoms with Crippen molar-refractivity contribution in [3.8, 4) is 17.2 Å². The third-order valence-electron chi connectivity index (χ3n) is 2.06. The van der Waals surface area contributed by atoms with Crippen molar-refractivity contribution in [3.05, 3.63) is 17.7 Å². The maximum atomic E-state index is 10.9. The SMILES string of the molecule is CCOP(O)Oc1cc(OC)c(C=O)c(OC)c1. The lowest BCUT2D eigenvalue weighted by Crippen LogP contribution is -1.98. The number of rotatable bonds is 7. The summed E-state index contributed by atoms with van der Waals surface area (Å²) in [6.07, 6.45) is 0.631. The van der Waals surface area contributed by atoms with Crippen LogP contribution in [0.15, 0.2) is 12.1 Å². The van der Waals surface area contributed by atoms with E-state index in [1.54, 1.807) is 6.92 Å². The number of carbonyl (C=O) groups is 1. The van der Waals surface area contributed by atoms with E-state index in [1.807, 2.05) is 0 Å². The first-order valence-corrected chi connectivity index (χ1v) is 6.30. The molecule has 0 bridgehead atoms. The van der Waals surface area contributed by atoms with Gasteiger partial charge in [-0.05, 0) is 6.92 Å². The molecule has 18 heavy (non-hydrogen) atoms. The summed E-state index contributed by atoms with van der Waals surface area (Å²) in [5, 5.41) is 0. The summed E-state index contributed by atoms with van der Waals surface area (Å²) in [5.74, 6) is 0.912. The predicted molar refractivity (Wildman–Crippen MR) is 66.3 cm³/mol. The monoisotopic (exact) mass is 274 g/mol. The molecule has 0 aliphatic rings. The Balaban J connectivity index is 3.03. The van der Waals surface area contributed by atoms with Gasteiger partial charge >= 0.3 is 8.60 Å². The van der Waals surface area contributed by atoms with Gasteiger partial charge in [-0.25, -0.2) is 0 Å². The Morgan fingerprint density at radius 2 is 1.83 bits per heavy atom. The van der Waals surface area contributed by atoms with Crippen LogP contribution in [0.5, 0.6) is 17.2 Å². The number of ether oxygens (including phenoxy) is 2. The van der Waals surface area contributed by atoms with Crippen molar-refractivity contribution in [3.63, 3.8) is 0 Å². The minimum absolute atomic E-state index is 0.283. The number of aldehydes is 1. The summed E-state index contributed by atoms with van der Waals surface area (Å²) in [6.45, 7) is 2.08. The summed E-state index contributed by atoms with van der Waals surface area (Å²) in [7, 11) is 0.848. The van der Waals surface area contributed by atoms with Gasteiger partial charge in [0.1, 0.15) is 17.2 Å². The highest BCUT2D eigenvalue weighted by Gasteiger charge is 2.15. The van der Waals surface area contributed by atoms with Crippen LogP contribution in [0.3, 0.4) is 0 Å². The molecule has 7 heteroatoms. The fraction of sp³-hybridized carbons (Fsp3) is 0.364. The quantitative estimate of drug-likeness (QED) is 0.606. The summed E-state index contributed by atoms with van der Waals surface area (Å²) in [4.78, 5) is 20.4. The summed E-state index contributed by atoms with van der Waals surface area (Å²) in [5.41, 5.74) is 0.283. The molecule has 100 valence electrons. The second-order valence-corrected chi connectivity index (χ2v) is 4.02. The van der Waals surface area contributed by atoms with Crippen molar-refractivity contribution in [2.75, 3.05) is 20.8 Å². The Hall–Kier alpha value is -1.36. The molecule has 1 rings (SSSR count). The molecule has 1 aromatic rings. The van der Waals surface area contributed by atoms with Gasteiger partial charge in [-0.15, -0.1) is 0 Å². The summed E-state index contributed by atoms with van der Waals surface area (Å²) in [6, 6.07) is 2.97. The maximum Gasteiger partial charge on any atom is 0.394 e. The Labute approximate surface area is 106 Å². The van der Waals surface area contributed by atoms with Crippen molar-refractivity contribution >= 4 is 14.9 Å². The minimum atomic E-state index is -2.01. The number of hydrogen-bond acceptors (Lipinski definition) is 6. The van der Waals surface area contributed by atoms with E-state index >= 15 is 0 Å². The third-order valence-corrected chi connectivity index (χ3v) is 2.90. The number of benzene rings is 1. The lowest BCUT2D eigenvalue weighted by molar-refractivity contribution is 0.111. The van der Waals surface area contributed by atoms with Crippen molar-refractivity contribution in [2.24, 2.45) is 0 Å². The average Bonchev–Trinajstić information content (AvgIpc) is 2.37. The lowest BCUT2D eigenvalue weighted by Gasteiger charge is -2.14. The summed E-state index contributed by atoms with van der Waals surface area (Å²) >= 11 is 0. The van der Waals surface area contributed by atoms with Gasteiger partial charge in [0.15, 0.2) is 6.29 Å². The van der Waals surface area contributed by atoms with E-state index in [2.05, 4.69) is 0 Å². The zero-order chi connectivity index (χ0) is 13.5. The second-order valence-electron chi connectivity index (χ2n) is 3.11. The Kier molecular flexibility index (Phi) is 5.85. The molecule has 1 N–H and O–H groups in total. The molecule has 0 spiro atoms. The van der Waals surface area contributed by atoms with Crippen molar-refractivity contribution in [2.45, 2.75) is 6.92 Å². The zero-order valence-electron chi connectivity index (χ0n) is 10.4. The molecule has 0 aliphatic heterocycles. The van der Waals surface area contributed by atoms with Crippen LogP contribution in [-0.4, -0.2) is 32.0 Å². The molecule has 0 radical (unpaired) electrons. The van der Waals surface area contributed by atoms with Gasteiger partial charge in [0.25, 0.3) is 0 Å². The van der Waals surface area contributed by atoms with Gasteiger partial charge in [-0.1, -0.05) is 0 Å². The van der Waals surface area contributed by atoms with Crippen LogP contribution in [0.25, 0.3) is 0 Å². The largest absolute Gasteiger partial charge is 0.496 e. The van der Waals surface area contributed by atoms with Crippen LogP contribution in [0.2, 0.25) is 0 Å². The second kappa shape index (κ2) is 7.16. The molecule has 0 saturated heterocycles. The van der Waals surface area contributed by atoms with Crippen LogP contribution in [0.1, 0.15) is 17.3 Å². The van der Waals surface area contributed by atoms with Gasteiger partial charge in [-0.3, -0.25) is 4.79 Å². The predicted octanol–water partition coefficient (Wildman–Crippen LogP) is 2.15. The topological polar surface area (TPSA) is 74.2 Å². The van der Waals surface area contributed by atoms with E-state index in [-0.39, 0.29) is 5.56 Å². The molecule has 0 heterocycles. The molecular weight excluding hydrogens is 259 g/mol. The molecule has 0 amide bonds. The molecule has 1 unspecified atom stereocenters. The van der Waals surface area contributed by atoms with E-state index in [0.717, 1.165) is 0 Å². The third kappa shape index (κ3) is 3.57. The number of hydrogen-bond donors (Lipinski definition) is 1. The van der Waals surface area contributed by atoms with Gasteiger partial charge in [0, 0.05) is 12.1 Å². The highest BCUT2D eigenvalue weighted by Crippen LogP contribution is 2.39. The lowest BCUT2D eigenvalue weighted by atomic mass is 10.2. The Morgan fingerprint density at radius 3 is 2.22 bits per heavy atom. The first kappa shape index (κ1) is 14.7. The number of methoxy groups -OCH3 is 2. The molecule has 6 nitrogen and oxygen atoms in total. The highest BCUT2D eigenvalue weighted by atomic mass is 31.2. The normalized spacial score (nSPS) is 11.8. The van der Waals surface area contributed by atoms with E-state index in [0.29, 0.717) is 30.1 Å². The molecule has 0 fully saturated rings. The highest BCUT2D eigenvalue weighted by molar-refractivity contribution is 7.41. The smallest absolute Gasteiger partial charge is 0.394 e. The Bertz CT molecular complexity index is 384. The molecule has 1 aromatic carbocycles. The fourth-order valence-corrected chi connectivity index (χ4v) is 1.87. The van der Waals surface area contributed by atoms with E-state index in [1.165, 1.54) is 26.4 Å². The first-order valence-electron chi connectivity index (χ1n) is 5.17. The van der Waals surface area contributed by atoms with E-state index in [4.69, 9.17) is 18.5 Å². The molecular formula is C11H15O6P. The van der Waals surface area contributed by atoms with Gasteiger partial charge in [0.2, 0.25) is 0 Å². The van der Waals surface area contributed by atoms with E-state index in [9.17, 15) is 9.69 Å². The Morgan fingerprint density at radius 1 is 1.28 bits per heavy atom. The van der Waals surface area contributed by atoms with Gasteiger partial charge in [0.05, 0.1) is 26.4 Å². The fourth-order valence-electron chi connectivity index (χ4n) is 1.31. The van der Waals surface area contributed by atoms with Crippen LogP contribution in [0, 0.1) is 0 Å². The molecule has 1 atom stereocenters. The first-order chi connectivity index (χ1) is 8.65. The molecule has 0 aromatic heterocycles. The maximum absolute atomic E-state index is 10.9. The van der Waals surface area contributed by atoms with Gasteiger partial charge < -0.3 is 23.4 Å². The van der Waals surface area contributed by atoms with Crippen LogP contribution >= 0.6 is 8.60 Å². The molecule has 0 saturated carbocycles. The standard InChI is InChI=1S/C11H15O6P/c1-4-16-18(13)17-8-5-10(14-2)9(7-12)11(6-8)15-3/h5-7,13H,4H2,1-3H3. The summed E-state index contributed by atoms with van der Waals surface area (Å²) < 4.78 is 20.2.